The first kappa shape index (κ1) is 15.9. The quantitative estimate of drug-likeness (QED) is 0.901. The molecule has 1 fully saturated rings. The van der Waals surface area contributed by atoms with Crippen LogP contribution in [0, 0.1) is 12.8 Å². The maximum Gasteiger partial charge on any atom is 0.223 e. The summed E-state index contributed by atoms with van der Waals surface area (Å²) in [5.41, 5.74) is 1.04. The third kappa shape index (κ3) is 4.52. The average molecular weight is 309 g/mol. The van der Waals surface area contributed by atoms with Crippen LogP contribution in [0.15, 0.2) is 5.38 Å². The van der Waals surface area contributed by atoms with Gasteiger partial charge in [-0.3, -0.25) is 9.59 Å². The summed E-state index contributed by atoms with van der Waals surface area (Å²) in [6, 6.07) is 0. The van der Waals surface area contributed by atoms with Gasteiger partial charge in [0.15, 0.2) is 0 Å². The van der Waals surface area contributed by atoms with Crippen LogP contribution in [-0.2, 0) is 16.0 Å². The molecule has 1 aliphatic rings. The minimum Gasteiger partial charge on any atom is -0.355 e. The fourth-order valence-corrected chi connectivity index (χ4v) is 3.24. The van der Waals surface area contributed by atoms with Gasteiger partial charge in [-0.05, 0) is 19.8 Å². The highest BCUT2D eigenvalue weighted by Gasteiger charge is 2.26. The van der Waals surface area contributed by atoms with Crippen LogP contribution >= 0.6 is 11.3 Å². The fourth-order valence-electron chi connectivity index (χ4n) is 2.60. The summed E-state index contributed by atoms with van der Waals surface area (Å²) in [6.07, 6.45) is 2.87. The third-order valence-electron chi connectivity index (χ3n) is 3.87. The summed E-state index contributed by atoms with van der Waals surface area (Å²) < 4.78 is 0. The Hall–Kier alpha value is -1.43. The molecular weight excluding hydrogens is 286 g/mol. The van der Waals surface area contributed by atoms with Crippen LogP contribution < -0.4 is 5.32 Å². The average Bonchev–Trinajstić information content (AvgIpc) is 2.92. The molecule has 2 rings (SSSR count). The van der Waals surface area contributed by atoms with E-state index >= 15 is 0 Å². The summed E-state index contributed by atoms with van der Waals surface area (Å²) in [4.78, 5) is 29.9. The van der Waals surface area contributed by atoms with Gasteiger partial charge >= 0.3 is 0 Å². The molecule has 5 nitrogen and oxygen atoms in total. The lowest BCUT2D eigenvalue weighted by molar-refractivity contribution is -0.135. The SMILES string of the molecule is CCC(=O)N1CCC(C(=O)NCCc2csc(C)n2)CC1. The number of amides is 2. The number of nitrogens with one attached hydrogen (secondary N) is 1. The second-order valence-electron chi connectivity index (χ2n) is 5.41. The third-order valence-corrected chi connectivity index (χ3v) is 4.69. The number of aryl methyl sites for hydroxylation is 1. The number of hydrogen-bond donors (Lipinski definition) is 1. The van der Waals surface area contributed by atoms with Gasteiger partial charge in [0.05, 0.1) is 10.7 Å². The number of nitrogens with zero attached hydrogens (tertiary/aromatic N) is 2. The first-order valence-electron chi connectivity index (χ1n) is 7.56. The predicted molar refractivity (Wildman–Crippen MR) is 83.2 cm³/mol. The first-order valence-corrected chi connectivity index (χ1v) is 8.44. The molecule has 0 spiro atoms. The highest BCUT2D eigenvalue weighted by Crippen LogP contribution is 2.18. The number of rotatable bonds is 5. The highest BCUT2D eigenvalue weighted by atomic mass is 32.1. The van der Waals surface area contributed by atoms with Crippen LogP contribution in [0.3, 0.4) is 0 Å². The lowest BCUT2D eigenvalue weighted by Crippen LogP contribution is -2.43. The number of likely N-dealkylation sites (tertiary alicyclic amines) is 1. The van der Waals surface area contributed by atoms with E-state index in [-0.39, 0.29) is 17.7 Å². The zero-order valence-electron chi connectivity index (χ0n) is 12.7. The van der Waals surface area contributed by atoms with Gasteiger partial charge in [-0.15, -0.1) is 11.3 Å². The molecule has 2 amide bonds. The molecule has 1 aliphatic heterocycles. The molecule has 0 aliphatic carbocycles. The smallest absolute Gasteiger partial charge is 0.223 e. The minimum atomic E-state index is 0.0445. The summed E-state index contributed by atoms with van der Waals surface area (Å²) in [5, 5.41) is 6.09. The van der Waals surface area contributed by atoms with Gasteiger partial charge in [-0.25, -0.2) is 4.98 Å². The Morgan fingerprint density at radius 1 is 1.43 bits per heavy atom. The Bertz CT molecular complexity index is 493. The van der Waals surface area contributed by atoms with Crippen molar-refractivity contribution in [2.75, 3.05) is 19.6 Å². The van der Waals surface area contributed by atoms with E-state index in [4.69, 9.17) is 0 Å². The maximum atomic E-state index is 12.1. The summed E-state index contributed by atoms with van der Waals surface area (Å²) >= 11 is 1.64. The standard InChI is InChI=1S/C15H23N3O2S/c1-3-14(19)18-8-5-12(6-9-18)15(20)16-7-4-13-10-21-11(2)17-13/h10,12H,3-9H2,1-2H3,(H,16,20). The second kappa shape index (κ2) is 7.54. The largest absolute Gasteiger partial charge is 0.355 e. The number of carbonyl (C=O) groups is 2. The molecule has 1 aromatic heterocycles. The number of piperidine rings is 1. The zero-order chi connectivity index (χ0) is 15.2. The second-order valence-corrected chi connectivity index (χ2v) is 6.47. The first-order chi connectivity index (χ1) is 10.1. The van der Waals surface area contributed by atoms with E-state index in [1.54, 1.807) is 11.3 Å². The van der Waals surface area contributed by atoms with Crippen molar-refractivity contribution in [3.05, 3.63) is 16.1 Å². The van der Waals surface area contributed by atoms with Crippen LogP contribution in [0.25, 0.3) is 0 Å². The Kier molecular flexibility index (Phi) is 5.73. The topological polar surface area (TPSA) is 62.3 Å². The summed E-state index contributed by atoms with van der Waals surface area (Å²) in [7, 11) is 0. The van der Waals surface area contributed by atoms with Gasteiger partial charge in [0.2, 0.25) is 11.8 Å². The lowest BCUT2D eigenvalue weighted by Gasteiger charge is -2.31. The monoisotopic (exact) mass is 309 g/mol. The van der Waals surface area contributed by atoms with Crippen LogP contribution in [0.2, 0.25) is 0 Å². The van der Waals surface area contributed by atoms with E-state index in [9.17, 15) is 9.59 Å². The maximum absolute atomic E-state index is 12.1. The molecule has 1 aromatic rings. The molecule has 6 heteroatoms. The van der Waals surface area contributed by atoms with E-state index in [1.807, 2.05) is 24.1 Å². The van der Waals surface area contributed by atoms with E-state index in [0.717, 1.165) is 30.0 Å². The molecule has 21 heavy (non-hydrogen) atoms. The molecule has 0 unspecified atom stereocenters. The Morgan fingerprint density at radius 2 is 2.14 bits per heavy atom. The van der Waals surface area contributed by atoms with Crippen molar-refractivity contribution in [1.29, 1.82) is 0 Å². The van der Waals surface area contributed by atoms with E-state index in [2.05, 4.69) is 10.3 Å². The van der Waals surface area contributed by atoms with Gasteiger partial charge in [0, 0.05) is 43.8 Å². The van der Waals surface area contributed by atoms with Crippen LogP contribution in [0.5, 0.6) is 0 Å². The van der Waals surface area contributed by atoms with E-state index < -0.39 is 0 Å². The molecule has 0 aromatic carbocycles. The minimum absolute atomic E-state index is 0.0445. The van der Waals surface area contributed by atoms with Gasteiger partial charge in [-0.2, -0.15) is 0 Å². The molecule has 2 heterocycles. The van der Waals surface area contributed by atoms with Crippen molar-refractivity contribution in [3.8, 4) is 0 Å². The number of carbonyl (C=O) groups excluding carboxylic acids is 2. The molecule has 0 atom stereocenters. The molecule has 1 N–H and O–H groups in total. The number of aromatic nitrogens is 1. The van der Waals surface area contributed by atoms with Gasteiger partial charge < -0.3 is 10.2 Å². The number of thiazole rings is 1. The van der Waals surface area contributed by atoms with Crippen molar-refractivity contribution in [1.82, 2.24) is 15.2 Å². The van der Waals surface area contributed by atoms with E-state index in [1.165, 1.54) is 0 Å². The number of hydrogen-bond acceptors (Lipinski definition) is 4. The molecular formula is C15H23N3O2S. The van der Waals surface area contributed by atoms with Crippen molar-refractivity contribution < 1.29 is 9.59 Å². The van der Waals surface area contributed by atoms with Crippen LogP contribution in [0.1, 0.15) is 36.9 Å². The van der Waals surface area contributed by atoms with Gasteiger partial charge in [0.1, 0.15) is 0 Å². The molecule has 0 bridgehead atoms. The summed E-state index contributed by atoms with van der Waals surface area (Å²) in [5.74, 6) is 0.349. The van der Waals surface area contributed by atoms with Crippen molar-refractivity contribution in [2.24, 2.45) is 5.92 Å². The highest BCUT2D eigenvalue weighted by molar-refractivity contribution is 7.09. The molecule has 0 radical (unpaired) electrons. The Labute approximate surface area is 129 Å². The summed E-state index contributed by atoms with van der Waals surface area (Å²) in [6.45, 7) is 5.90. The predicted octanol–water partition coefficient (Wildman–Crippen LogP) is 1.76. The molecule has 0 saturated carbocycles. The lowest BCUT2D eigenvalue weighted by atomic mass is 9.95. The Morgan fingerprint density at radius 3 is 2.71 bits per heavy atom. The Balaban J connectivity index is 1.69. The van der Waals surface area contributed by atoms with E-state index in [0.29, 0.717) is 26.1 Å². The molecule has 1 saturated heterocycles. The fraction of sp³-hybridized carbons (Fsp3) is 0.667. The van der Waals surface area contributed by atoms with Gasteiger partial charge in [0.25, 0.3) is 0 Å². The van der Waals surface area contributed by atoms with Crippen molar-refractivity contribution >= 4 is 23.2 Å². The van der Waals surface area contributed by atoms with Crippen molar-refractivity contribution in [2.45, 2.75) is 39.5 Å². The van der Waals surface area contributed by atoms with Gasteiger partial charge in [-0.1, -0.05) is 6.92 Å². The molecule has 116 valence electrons. The normalized spacial score (nSPS) is 16.0. The van der Waals surface area contributed by atoms with Crippen LogP contribution in [-0.4, -0.2) is 41.3 Å². The zero-order valence-corrected chi connectivity index (χ0v) is 13.5. The van der Waals surface area contributed by atoms with Crippen molar-refractivity contribution in [3.63, 3.8) is 0 Å². The van der Waals surface area contributed by atoms with Crippen LogP contribution in [0.4, 0.5) is 0 Å².